The first kappa shape index (κ1) is 13.9. The third-order valence-corrected chi connectivity index (χ3v) is 3.93. The second-order valence-corrected chi connectivity index (χ2v) is 5.19. The van der Waals surface area contributed by atoms with Gasteiger partial charge in [0, 0.05) is 19.0 Å². The molecule has 1 aliphatic heterocycles. The van der Waals surface area contributed by atoms with Crippen LogP contribution in [0.1, 0.15) is 30.5 Å². The Balaban J connectivity index is 2.46. The summed E-state index contributed by atoms with van der Waals surface area (Å²) in [5.74, 6) is 1.24. The molecule has 0 aromatic heterocycles. The zero-order valence-corrected chi connectivity index (χ0v) is 11.8. The van der Waals surface area contributed by atoms with Crippen molar-refractivity contribution in [2.75, 3.05) is 20.2 Å². The summed E-state index contributed by atoms with van der Waals surface area (Å²) in [5.41, 5.74) is 8.12. The smallest absolute Gasteiger partial charge is 0.219 e. The van der Waals surface area contributed by atoms with E-state index in [0.29, 0.717) is 12.5 Å². The molecule has 0 spiro atoms. The number of rotatable bonds is 3. The number of benzene rings is 1. The summed E-state index contributed by atoms with van der Waals surface area (Å²) in [6.07, 6.45) is 0.956. The number of likely N-dealkylation sites (tertiary alicyclic amines) is 1. The highest BCUT2D eigenvalue weighted by Gasteiger charge is 2.37. The minimum atomic E-state index is 0.0392. The predicted octanol–water partition coefficient (Wildman–Crippen LogP) is 1.87. The summed E-state index contributed by atoms with van der Waals surface area (Å²) in [5, 5.41) is 0. The molecule has 0 bridgehead atoms. The van der Waals surface area contributed by atoms with Gasteiger partial charge in [-0.2, -0.15) is 0 Å². The minimum absolute atomic E-state index is 0.0392. The fourth-order valence-electron chi connectivity index (χ4n) is 2.96. The number of carbonyl (C=O) groups excluding carboxylic acids is 1. The molecule has 1 fully saturated rings. The average molecular weight is 262 g/mol. The van der Waals surface area contributed by atoms with Crippen LogP contribution in [0.3, 0.4) is 0 Å². The fourth-order valence-corrected chi connectivity index (χ4v) is 2.96. The fraction of sp³-hybridized carbons (Fsp3) is 0.533. The maximum Gasteiger partial charge on any atom is 0.219 e. The van der Waals surface area contributed by atoms with Gasteiger partial charge in [-0.3, -0.25) is 4.79 Å². The topological polar surface area (TPSA) is 55.6 Å². The van der Waals surface area contributed by atoms with Crippen LogP contribution in [0.25, 0.3) is 0 Å². The third-order valence-electron chi connectivity index (χ3n) is 3.93. The number of ether oxygens (including phenoxy) is 1. The Morgan fingerprint density at radius 2 is 2.26 bits per heavy atom. The molecule has 2 atom stereocenters. The van der Waals surface area contributed by atoms with Gasteiger partial charge in [-0.25, -0.2) is 0 Å². The molecule has 1 aromatic rings. The van der Waals surface area contributed by atoms with E-state index in [9.17, 15) is 4.79 Å². The number of methoxy groups -OCH3 is 1. The Kier molecular flexibility index (Phi) is 4.10. The minimum Gasteiger partial charge on any atom is -0.496 e. The van der Waals surface area contributed by atoms with Crippen molar-refractivity contribution in [3.63, 3.8) is 0 Å². The number of nitrogens with zero attached hydrogens (tertiary/aromatic N) is 1. The molecule has 4 nitrogen and oxygen atoms in total. The summed E-state index contributed by atoms with van der Waals surface area (Å²) in [6, 6.07) is 6.13. The van der Waals surface area contributed by atoms with E-state index in [1.54, 1.807) is 14.0 Å². The van der Waals surface area contributed by atoms with Crippen LogP contribution in [0.4, 0.5) is 0 Å². The zero-order chi connectivity index (χ0) is 14.0. The van der Waals surface area contributed by atoms with Crippen LogP contribution in [-0.4, -0.2) is 31.0 Å². The van der Waals surface area contributed by atoms with Crippen LogP contribution in [0.15, 0.2) is 18.2 Å². The molecule has 2 unspecified atom stereocenters. The van der Waals surface area contributed by atoms with Crippen LogP contribution in [0.5, 0.6) is 5.75 Å². The highest BCUT2D eigenvalue weighted by Crippen LogP contribution is 2.41. The van der Waals surface area contributed by atoms with Gasteiger partial charge in [-0.1, -0.05) is 17.7 Å². The standard InChI is InChI=1S/C15H22N2O2/c1-10-4-5-14(19-3)13(8-10)15-12(9-16)6-7-17(15)11(2)18/h4-5,8,12,15H,6-7,9,16H2,1-3H3. The molecule has 1 saturated heterocycles. The molecule has 19 heavy (non-hydrogen) atoms. The predicted molar refractivity (Wildman–Crippen MR) is 75.0 cm³/mol. The number of hydrogen-bond acceptors (Lipinski definition) is 3. The van der Waals surface area contributed by atoms with Gasteiger partial charge in [0.25, 0.3) is 0 Å². The molecule has 2 rings (SSSR count). The van der Waals surface area contributed by atoms with Gasteiger partial charge in [-0.15, -0.1) is 0 Å². The largest absolute Gasteiger partial charge is 0.496 e. The first-order valence-electron chi connectivity index (χ1n) is 6.70. The molecule has 1 aliphatic rings. The van der Waals surface area contributed by atoms with E-state index in [-0.39, 0.29) is 11.9 Å². The van der Waals surface area contributed by atoms with Crippen molar-refractivity contribution < 1.29 is 9.53 Å². The van der Waals surface area contributed by atoms with E-state index >= 15 is 0 Å². The summed E-state index contributed by atoms with van der Waals surface area (Å²) in [7, 11) is 1.67. The summed E-state index contributed by atoms with van der Waals surface area (Å²) in [4.78, 5) is 13.7. The number of carbonyl (C=O) groups is 1. The lowest BCUT2D eigenvalue weighted by atomic mass is 9.92. The highest BCUT2D eigenvalue weighted by atomic mass is 16.5. The molecule has 104 valence electrons. The molecule has 0 saturated carbocycles. The summed E-state index contributed by atoms with van der Waals surface area (Å²) in [6.45, 7) is 5.03. The zero-order valence-electron chi connectivity index (χ0n) is 11.8. The van der Waals surface area contributed by atoms with E-state index in [1.165, 1.54) is 5.56 Å². The lowest BCUT2D eigenvalue weighted by molar-refractivity contribution is -0.130. The number of amides is 1. The summed E-state index contributed by atoms with van der Waals surface area (Å²) >= 11 is 0. The Bertz CT molecular complexity index is 473. The lowest BCUT2D eigenvalue weighted by Crippen LogP contribution is -2.32. The van der Waals surface area contributed by atoms with Crippen molar-refractivity contribution in [3.8, 4) is 5.75 Å². The van der Waals surface area contributed by atoms with E-state index < -0.39 is 0 Å². The number of aryl methyl sites for hydroxylation is 1. The van der Waals surface area contributed by atoms with E-state index in [4.69, 9.17) is 10.5 Å². The Morgan fingerprint density at radius 1 is 1.53 bits per heavy atom. The first-order chi connectivity index (χ1) is 9.08. The van der Waals surface area contributed by atoms with Crippen LogP contribution >= 0.6 is 0 Å². The van der Waals surface area contributed by atoms with Gasteiger partial charge in [0.2, 0.25) is 5.91 Å². The van der Waals surface area contributed by atoms with E-state index in [2.05, 4.69) is 6.07 Å². The van der Waals surface area contributed by atoms with Gasteiger partial charge < -0.3 is 15.4 Å². The quantitative estimate of drug-likeness (QED) is 0.904. The monoisotopic (exact) mass is 262 g/mol. The van der Waals surface area contributed by atoms with Gasteiger partial charge >= 0.3 is 0 Å². The van der Waals surface area contributed by atoms with Gasteiger partial charge in [0.05, 0.1) is 13.2 Å². The first-order valence-corrected chi connectivity index (χ1v) is 6.70. The summed E-state index contributed by atoms with van der Waals surface area (Å²) < 4.78 is 5.45. The lowest BCUT2D eigenvalue weighted by Gasteiger charge is -2.29. The van der Waals surface area contributed by atoms with Crippen molar-refractivity contribution in [1.29, 1.82) is 0 Å². The molecular weight excluding hydrogens is 240 g/mol. The van der Waals surface area contributed by atoms with Crippen molar-refractivity contribution in [2.45, 2.75) is 26.3 Å². The van der Waals surface area contributed by atoms with Gasteiger partial charge in [-0.05, 0) is 31.9 Å². The third kappa shape index (κ3) is 2.59. The van der Waals surface area contributed by atoms with Crippen LogP contribution < -0.4 is 10.5 Å². The SMILES string of the molecule is COc1ccc(C)cc1C1C(CN)CCN1C(C)=O. The van der Waals surface area contributed by atoms with Gasteiger partial charge in [0.1, 0.15) is 5.75 Å². The molecule has 0 radical (unpaired) electrons. The molecular formula is C15H22N2O2. The van der Waals surface area contributed by atoms with Crippen molar-refractivity contribution in [2.24, 2.45) is 11.7 Å². The molecule has 1 heterocycles. The second kappa shape index (κ2) is 5.61. The van der Waals surface area contributed by atoms with Crippen LogP contribution in [-0.2, 0) is 4.79 Å². The van der Waals surface area contributed by atoms with Crippen molar-refractivity contribution in [1.82, 2.24) is 4.90 Å². The molecule has 1 aromatic carbocycles. The molecule has 2 N–H and O–H groups in total. The molecule has 1 amide bonds. The van der Waals surface area contributed by atoms with E-state index in [1.807, 2.05) is 24.0 Å². The maximum absolute atomic E-state index is 11.8. The van der Waals surface area contributed by atoms with E-state index in [0.717, 1.165) is 24.3 Å². The number of hydrogen-bond donors (Lipinski definition) is 1. The van der Waals surface area contributed by atoms with Crippen molar-refractivity contribution in [3.05, 3.63) is 29.3 Å². The van der Waals surface area contributed by atoms with Crippen LogP contribution in [0, 0.1) is 12.8 Å². The molecule has 0 aliphatic carbocycles. The van der Waals surface area contributed by atoms with Crippen molar-refractivity contribution >= 4 is 5.91 Å². The Morgan fingerprint density at radius 3 is 2.84 bits per heavy atom. The second-order valence-electron chi connectivity index (χ2n) is 5.19. The Labute approximate surface area is 114 Å². The normalized spacial score (nSPS) is 22.6. The Hall–Kier alpha value is -1.55. The molecule has 4 heteroatoms. The highest BCUT2D eigenvalue weighted by molar-refractivity contribution is 5.74. The number of nitrogens with two attached hydrogens (primary N) is 1. The van der Waals surface area contributed by atoms with Crippen LogP contribution in [0.2, 0.25) is 0 Å². The average Bonchev–Trinajstić information content (AvgIpc) is 2.82. The maximum atomic E-state index is 11.8. The van der Waals surface area contributed by atoms with Gasteiger partial charge in [0.15, 0.2) is 0 Å².